The molecule has 0 radical (unpaired) electrons. The minimum absolute atomic E-state index is 0.111. The molecule has 0 fully saturated rings. The molecule has 0 aliphatic rings. The lowest BCUT2D eigenvalue weighted by molar-refractivity contribution is 0.407. The first kappa shape index (κ1) is 19.7. The summed E-state index contributed by atoms with van der Waals surface area (Å²) in [4.78, 5) is 4.73. The Labute approximate surface area is 178 Å². The van der Waals surface area contributed by atoms with Crippen molar-refractivity contribution < 1.29 is 0 Å². The first-order valence-electron chi connectivity index (χ1n) is 10.2. The standard InChI is InChI=1S/C26H27ClN2/c1-18(2)26(4,21-11-7-19(3)8-12-21)24-17-29(25-23(24)6-5-15-28-25)16-20-9-13-22(27)14-10-20/h5-15,17-18H,16H2,1-4H3. The number of fused-ring (bicyclic) bond motifs is 1. The monoisotopic (exact) mass is 402 g/mol. The first-order valence-corrected chi connectivity index (χ1v) is 10.5. The maximum Gasteiger partial charge on any atom is 0.140 e. The number of benzene rings is 2. The molecule has 2 heterocycles. The minimum atomic E-state index is -0.111. The highest BCUT2D eigenvalue weighted by atomic mass is 35.5. The van der Waals surface area contributed by atoms with Gasteiger partial charge in [-0.25, -0.2) is 4.98 Å². The summed E-state index contributed by atoms with van der Waals surface area (Å²) in [7, 11) is 0. The molecule has 2 aromatic heterocycles. The highest BCUT2D eigenvalue weighted by Crippen LogP contribution is 2.42. The zero-order valence-corrected chi connectivity index (χ0v) is 18.2. The summed E-state index contributed by atoms with van der Waals surface area (Å²) >= 11 is 6.07. The zero-order chi connectivity index (χ0) is 20.6. The van der Waals surface area contributed by atoms with E-state index in [1.54, 1.807) is 0 Å². The van der Waals surface area contributed by atoms with E-state index in [2.05, 4.69) is 80.9 Å². The van der Waals surface area contributed by atoms with E-state index in [9.17, 15) is 0 Å². The fourth-order valence-corrected chi connectivity index (χ4v) is 4.27. The zero-order valence-electron chi connectivity index (χ0n) is 17.5. The molecule has 0 amide bonds. The Kier molecular flexibility index (Phi) is 5.23. The van der Waals surface area contributed by atoms with Crippen molar-refractivity contribution in [1.82, 2.24) is 9.55 Å². The molecule has 0 aliphatic carbocycles. The molecule has 0 N–H and O–H groups in total. The molecule has 1 atom stereocenters. The maximum atomic E-state index is 6.07. The van der Waals surface area contributed by atoms with Crippen LogP contribution < -0.4 is 0 Å². The molecule has 2 aromatic carbocycles. The van der Waals surface area contributed by atoms with Crippen LogP contribution in [0.2, 0.25) is 5.02 Å². The quantitative estimate of drug-likeness (QED) is 0.351. The fraction of sp³-hybridized carbons (Fsp3) is 0.269. The highest BCUT2D eigenvalue weighted by Gasteiger charge is 2.35. The highest BCUT2D eigenvalue weighted by molar-refractivity contribution is 6.30. The Bertz CT molecular complexity index is 1120. The predicted molar refractivity (Wildman–Crippen MR) is 123 cm³/mol. The lowest BCUT2D eigenvalue weighted by atomic mass is 9.68. The molecular weight excluding hydrogens is 376 g/mol. The number of pyridine rings is 1. The molecule has 0 bridgehead atoms. The van der Waals surface area contributed by atoms with Gasteiger partial charge in [0.2, 0.25) is 0 Å². The van der Waals surface area contributed by atoms with Gasteiger partial charge in [-0.1, -0.05) is 74.3 Å². The largest absolute Gasteiger partial charge is 0.328 e. The van der Waals surface area contributed by atoms with Gasteiger partial charge >= 0.3 is 0 Å². The average Bonchev–Trinajstić information content (AvgIpc) is 3.08. The van der Waals surface area contributed by atoms with E-state index in [1.807, 2.05) is 24.4 Å². The summed E-state index contributed by atoms with van der Waals surface area (Å²) in [6.45, 7) is 9.87. The molecule has 1 unspecified atom stereocenters. The number of nitrogens with zero attached hydrogens (tertiary/aromatic N) is 2. The van der Waals surface area contributed by atoms with Gasteiger partial charge in [-0.2, -0.15) is 0 Å². The fourth-order valence-electron chi connectivity index (χ4n) is 4.14. The third-order valence-electron chi connectivity index (χ3n) is 6.27. The predicted octanol–water partition coefficient (Wildman–Crippen LogP) is 7.01. The number of aromatic nitrogens is 2. The van der Waals surface area contributed by atoms with E-state index in [1.165, 1.54) is 27.6 Å². The second-order valence-electron chi connectivity index (χ2n) is 8.39. The molecule has 3 heteroatoms. The van der Waals surface area contributed by atoms with Crippen LogP contribution in [0.5, 0.6) is 0 Å². The van der Waals surface area contributed by atoms with Crippen molar-refractivity contribution in [2.45, 2.75) is 39.7 Å². The van der Waals surface area contributed by atoms with Gasteiger partial charge in [0, 0.05) is 34.8 Å². The average molecular weight is 403 g/mol. The van der Waals surface area contributed by atoms with E-state index in [-0.39, 0.29) is 5.41 Å². The van der Waals surface area contributed by atoms with Gasteiger partial charge in [0.1, 0.15) is 5.65 Å². The second kappa shape index (κ2) is 7.68. The van der Waals surface area contributed by atoms with Crippen LogP contribution in [0, 0.1) is 12.8 Å². The lowest BCUT2D eigenvalue weighted by Crippen LogP contribution is -2.30. The molecule has 4 rings (SSSR count). The molecular formula is C26H27ClN2. The van der Waals surface area contributed by atoms with Crippen molar-refractivity contribution in [3.63, 3.8) is 0 Å². The second-order valence-corrected chi connectivity index (χ2v) is 8.83. The summed E-state index contributed by atoms with van der Waals surface area (Å²) in [5.74, 6) is 0.431. The van der Waals surface area contributed by atoms with Crippen LogP contribution in [0.4, 0.5) is 0 Å². The van der Waals surface area contributed by atoms with E-state index >= 15 is 0 Å². The molecule has 0 spiro atoms. The number of hydrogen-bond acceptors (Lipinski definition) is 1. The maximum absolute atomic E-state index is 6.07. The molecule has 4 aromatic rings. The van der Waals surface area contributed by atoms with Gasteiger partial charge in [-0.05, 0) is 53.8 Å². The summed E-state index contributed by atoms with van der Waals surface area (Å²) in [6.07, 6.45) is 4.18. The van der Waals surface area contributed by atoms with Crippen molar-refractivity contribution in [3.8, 4) is 0 Å². The lowest BCUT2D eigenvalue weighted by Gasteiger charge is -2.34. The van der Waals surface area contributed by atoms with Crippen LogP contribution in [0.3, 0.4) is 0 Å². The van der Waals surface area contributed by atoms with Crippen molar-refractivity contribution in [3.05, 3.63) is 100 Å². The Balaban J connectivity index is 1.88. The topological polar surface area (TPSA) is 17.8 Å². The first-order chi connectivity index (χ1) is 13.9. The minimum Gasteiger partial charge on any atom is -0.328 e. The third kappa shape index (κ3) is 3.58. The Morgan fingerprint density at radius 3 is 2.34 bits per heavy atom. The van der Waals surface area contributed by atoms with Crippen molar-refractivity contribution in [2.24, 2.45) is 5.92 Å². The molecule has 0 aliphatic heterocycles. The van der Waals surface area contributed by atoms with Gasteiger partial charge in [0.05, 0.1) is 0 Å². The number of halogens is 1. The van der Waals surface area contributed by atoms with Gasteiger partial charge in [-0.15, -0.1) is 0 Å². The third-order valence-corrected chi connectivity index (χ3v) is 6.52. The Morgan fingerprint density at radius 2 is 1.69 bits per heavy atom. The Hall–Kier alpha value is -2.58. The van der Waals surface area contributed by atoms with E-state index in [4.69, 9.17) is 16.6 Å². The van der Waals surface area contributed by atoms with Crippen LogP contribution in [0.1, 0.15) is 43.0 Å². The number of rotatable bonds is 5. The molecule has 2 nitrogen and oxygen atoms in total. The summed E-state index contributed by atoms with van der Waals surface area (Å²) in [5.41, 5.74) is 6.08. The summed E-state index contributed by atoms with van der Waals surface area (Å²) in [5, 5.41) is 1.98. The smallest absolute Gasteiger partial charge is 0.140 e. The van der Waals surface area contributed by atoms with Gasteiger partial charge in [0.15, 0.2) is 0 Å². The van der Waals surface area contributed by atoms with Gasteiger partial charge in [0.25, 0.3) is 0 Å². The van der Waals surface area contributed by atoms with Gasteiger partial charge < -0.3 is 4.57 Å². The number of hydrogen-bond donors (Lipinski definition) is 0. The van der Waals surface area contributed by atoms with Crippen LogP contribution in [-0.2, 0) is 12.0 Å². The van der Waals surface area contributed by atoms with Crippen molar-refractivity contribution in [2.75, 3.05) is 0 Å². The van der Waals surface area contributed by atoms with Crippen molar-refractivity contribution in [1.29, 1.82) is 0 Å². The summed E-state index contributed by atoms with van der Waals surface area (Å²) < 4.78 is 2.27. The molecule has 0 saturated carbocycles. The van der Waals surface area contributed by atoms with E-state index < -0.39 is 0 Å². The van der Waals surface area contributed by atoms with Gasteiger partial charge in [-0.3, -0.25) is 0 Å². The molecule has 29 heavy (non-hydrogen) atoms. The Morgan fingerprint density at radius 1 is 1.00 bits per heavy atom. The SMILES string of the molecule is Cc1ccc(C(C)(c2cn(Cc3ccc(Cl)cc3)c3ncccc23)C(C)C)cc1. The normalized spacial score (nSPS) is 13.7. The molecule has 148 valence electrons. The summed E-state index contributed by atoms with van der Waals surface area (Å²) in [6, 6.07) is 21.3. The van der Waals surface area contributed by atoms with E-state index in [0.717, 1.165) is 17.2 Å². The van der Waals surface area contributed by atoms with Crippen LogP contribution >= 0.6 is 11.6 Å². The van der Waals surface area contributed by atoms with E-state index in [0.29, 0.717) is 5.92 Å². The van der Waals surface area contributed by atoms with Crippen molar-refractivity contribution >= 4 is 22.6 Å². The van der Waals surface area contributed by atoms with Crippen LogP contribution in [-0.4, -0.2) is 9.55 Å². The number of aryl methyl sites for hydroxylation is 1. The van der Waals surface area contributed by atoms with Crippen LogP contribution in [0.25, 0.3) is 11.0 Å². The molecule has 0 saturated heterocycles. The van der Waals surface area contributed by atoms with Crippen LogP contribution in [0.15, 0.2) is 73.1 Å².